The first kappa shape index (κ1) is 13.6. The number of piperidine rings is 1. The Kier molecular flexibility index (Phi) is 4.12. The van der Waals surface area contributed by atoms with E-state index in [9.17, 15) is 4.79 Å². The lowest BCUT2D eigenvalue weighted by Gasteiger charge is -2.48. The predicted molar refractivity (Wildman–Crippen MR) is 70.7 cm³/mol. The molecule has 2 aliphatic heterocycles. The second-order valence-corrected chi connectivity index (χ2v) is 5.87. The maximum Gasteiger partial charge on any atom is 0.409 e. The van der Waals surface area contributed by atoms with Gasteiger partial charge in [0.2, 0.25) is 0 Å². The van der Waals surface area contributed by atoms with Crippen LogP contribution in [0.25, 0.3) is 0 Å². The number of hydrogen-bond acceptors (Lipinski definition) is 4. The molecule has 0 radical (unpaired) electrons. The van der Waals surface area contributed by atoms with E-state index in [-0.39, 0.29) is 11.6 Å². The minimum atomic E-state index is -0.195. The Morgan fingerprint density at radius 3 is 2.61 bits per heavy atom. The highest BCUT2D eigenvalue weighted by molar-refractivity contribution is 5.68. The van der Waals surface area contributed by atoms with E-state index in [0.717, 1.165) is 39.1 Å². The van der Waals surface area contributed by atoms with E-state index in [1.807, 2.05) is 4.90 Å². The molecule has 2 heterocycles. The maximum atomic E-state index is 11.9. The summed E-state index contributed by atoms with van der Waals surface area (Å²) in [4.78, 5) is 16.3. The van der Waals surface area contributed by atoms with Gasteiger partial charge in [-0.25, -0.2) is 4.79 Å². The fourth-order valence-corrected chi connectivity index (χ4v) is 2.98. The SMILES string of the molecule is COC(=O)N1CC(N2CCNCC2)CCC1(C)C. The molecule has 2 rings (SSSR count). The third-order valence-corrected chi connectivity index (χ3v) is 4.28. The normalized spacial score (nSPS) is 29.1. The highest BCUT2D eigenvalue weighted by atomic mass is 16.5. The third kappa shape index (κ3) is 2.78. The van der Waals surface area contributed by atoms with Crippen molar-refractivity contribution in [1.82, 2.24) is 15.1 Å². The van der Waals surface area contributed by atoms with Crippen molar-refractivity contribution in [3.63, 3.8) is 0 Å². The van der Waals surface area contributed by atoms with Crippen LogP contribution in [0.2, 0.25) is 0 Å². The second kappa shape index (κ2) is 5.45. The van der Waals surface area contributed by atoms with Gasteiger partial charge in [-0.2, -0.15) is 0 Å². The van der Waals surface area contributed by atoms with Crippen LogP contribution < -0.4 is 5.32 Å². The lowest BCUT2D eigenvalue weighted by atomic mass is 9.87. The summed E-state index contributed by atoms with van der Waals surface area (Å²) in [6.07, 6.45) is 2.01. The van der Waals surface area contributed by atoms with Crippen molar-refractivity contribution in [1.29, 1.82) is 0 Å². The summed E-state index contributed by atoms with van der Waals surface area (Å²) in [5.41, 5.74) is -0.0857. The standard InChI is InChI=1S/C13H25N3O2/c1-13(2)5-4-11(10-16(13)12(17)18-3)15-8-6-14-7-9-15/h11,14H,4-10H2,1-3H3. The molecule has 0 aromatic rings. The van der Waals surface area contributed by atoms with Crippen LogP contribution in [-0.2, 0) is 4.74 Å². The molecule has 0 aliphatic carbocycles. The third-order valence-electron chi connectivity index (χ3n) is 4.28. The van der Waals surface area contributed by atoms with Gasteiger partial charge in [-0.05, 0) is 26.7 Å². The summed E-state index contributed by atoms with van der Waals surface area (Å²) in [6.45, 7) is 9.31. The predicted octanol–water partition coefficient (Wildman–Crippen LogP) is 0.901. The molecular weight excluding hydrogens is 230 g/mol. The Balaban J connectivity index is 2.02. The van der Waals surface area contributed by atoms with Crippen LogP contribution in [0.5, 0.6) is 0 Å². The molecule has 0 aromatic heterocycles. The summed E-state index contributed by atoms with van der Waals surface area (Å²) >= 11 is 0. The Labute approximate surface area is 109 Å². The zero-order valence-corrected chi connectivity index (χ0v) is 11.7. The van der Waals surface area contributed by atoms with Crippen molar-refractivity contribution in [2.75, 3.05) is 39.8 Å². The van der Waals surface area contributed by atoms with E-state index < -0.39 is 0 Å². The van der Waals surface area contributed by atoms with E-state index >= 15 is 0 Å². The van der Waals surface area contributed by atoms with Gasteiger partial charge < -0.3 is 15.0 Å². The zero-order chi connectivity index (χ0) is 13.2. The van der Waals surface area contributed by atoms with Crippen molar-refractivity contribution < 1.29 is 9.53 Å². The number of amides is 1. The van der Waals surface area contributed by atoms with Gasteiger partial charge in [0.25, 0.3) is 0 Å². The minimum Gasteiger partial charge on any atom is -0.453 e. The van der Waals surface area contributed by atoms with Crippen molar-refractivity contribution in [2.45, 2.75) is 38.3 Å². The molecule has 0 bridgehead atoms. The Morgan fingerprint density at radius 2 is 2.00 bits per heavy atom. The Hall–Kier alpha value is -0.810. The number of piperazine rings is 1. The van der Waals surface area contributed by atoms with Crippen LogP contribution >= 0.6 is 0 Å². The molecule has 18 heavy (non-hydrogen) atoms. The van der Waals surface area contributed by atoms with E-state index in [2.05, 4.69) is 24.1 Å². The fraction of sp³-hybridized carbons (Fsp3) is 0.923. The van der Waals surface area contributed by atoms with Crippen LogP contribution in [0.15, 0.2) is 0 Å². The van der Waals surface area contributed by atoms with Gasteiger partial charge in [-0.15, -0.1) is 0 Å². The number of rotatable bonds is 1. The van der Waals surface area contributed by atoms with Crippen molar-refractivity contribution in [3.8, 4) is 0 Å². The molecule has 5 nitrogen and oxygen atoms in total. The molecule has 2 fully saturated rings. The average molecular weight is 255 g/mol. The van der Waals surface area contributed by atoms with Crippen LogP contribution in [0, 0.1) is 0 Å². The van der Waals surface area contributed by atoms with Gasteiger partial charge in [-0.1, -0.05) is 0 Å². The molecule has 1 unspecified atom stereocenters. The lowest BCUT2D eigenvalue weighted by Crippen LogP contribution is -2.60. The summed E-state index contributed by atoms with van der Waals surface area (Å²) in [6, 6.07) is 0.485. The number of carbonyl (C=O) groups is 1. The number of likely N-dealkylation sites (tertiary alicyclic amines) is 1. The zero-order valence-electron chi connectivity index (χ0n) is 11.7. The summed E-state index contributed by atoms with van der Waals surface area (Å²) < 4.78 is 4.92. The Bertz CT molecular complexity index is 301. The number of ether oxygens (including phenoxy) is 1. The summed E-state index contributed by atoms with van der Waals surface area (Å²) in [5, 5.41) is 3.37. The molecule has 2 saturated heterocycles. The van der Waals surface area contributed by atoms with Gasteiger partial charge in [0.1, 0.15) is 0 Å². The van der Waals surface area contributed by atoms with Gasteiger partial charge in [0, 0.05) is 44.3 Å². The van der Waals surface area contributed by atoms with Crippen LogP contribution in [-0.4, -0.2) is 67.3 Å². The fourth-order valence-electron chi connectivity index (χ4n) is 2.98. The average Bonchev–Trinajstić information content (AvgIpc) is 2.38. The molecule has 0 aromatic carbocycles. The van der Waals surface area contributed by atoms with Gasteiger partial charge in [0.05, 0.1) is 7.11 Å². The minimum absolute atomic E-state index is 0.0857. The van der Waals surface area contributed by atoms with E-state index in [1.165, 1.54) is 13.5 Å². The highest BCUT2D eigenvalue weighted by Crippen LogP contribution is 2.30. The largest absolute Gasteiger partial charge is 0.453 e. The van der Waals surface area contributed by atoms with E-state index in [1.54, 1.807) is 0 Å². The second-order valence-electron chi connectivity index (χ2n) is 5.87. The van der Waals surface area contributed by atoms with Crippen molar-refractivity contribution in [3.05, 3.63) is 0 Å². The lowest BCUT2D eigenvalue weighted by molar-refractivity contribution is 0.0125. The molecule has 104 valence electrons. The van der Waals surface area contributed by atoms with Gasteiger partial charge in [-0.3, -0.25) is 4.90 Å². The molecule has 1 amide bonds. The first-order valence-electron chi connectivity index (χ1n) is 6.85. The van der Waals surface area contributed by atoms with Gasteiger partial charge >= 0.3 is 6.09 Å². The molecule has 1 atom stereocenters. The molecule has 0 spiro atoms. The monoisotopic (exact) mass is 255 g/mol. The summed E-state index contributed by atoms with van der Waals surface area (Å²) in [7, 11) is 1.47. The number of hydrogen-bond donors (Lipinski definition) is 1. The first-order valence-corrected chi connectivity index (χ1v) is 6.85. The quantitative estimate of drug-likeness (QED) is 0.756. The maximum absolute atomic E-state index is 11.9. The molecule has 0 saturated carbocycles. The molecule has 2 aliphatic rings. The summed E-state index contributed by atoms with van der Waals surface area (Å²) in [5.74, 6) is 0. The molecule has 5 heteroatoms. The van der Waals surface area contributed by atoms with Crippen LogP contribution in [0.4, 0.5) is 4.79 Å². The van der Waals surface area contributed by atoms with Crippen LogP contribution in [0.1, 0.15) is 26.7 Å². The van der Waals surface area contributed by atoms with Crippen LogP contribution in [0.3, 0.4) is 0 Å². The van der Waals surface area contributed by atoms with E-state index in [0.29, 0.717) is 6.04 Å². The van der Waals surface area contributed by atoms with Crippen molar-refractivity contribution in [2.24, 2.45) is 0 Å². The van der Waals surface area contributed by atoms with Crippen molar-refractivity contribution >= 4 is 6.09 Å². The smallest absolute Gasteiger partial charge is 0.409 e. The van der Waals surface area contributed by atoms with Gasteiger partial charge in [0.15, 0.2) is 0 Å². The topological polar surface area (TPSA) is 44.8 Å². The van der Waals surface area contributed by atoms with E-state index in [4.69, 9.17) is 4.74 Å². The first-order chi connectivity index (χ1) is 8.54. The molecular formula is C13H25N3O2. The number of carbonyl (C=O) groups excluding carboxylic acids is 1. The molecule has 1 N–H and O–H groups in total. The number of methoxy groups -OCH3 is 1. The highest BCUT2D eigenvalue weighted by Gasteiger charge is 2.39. The Morgan fingerprint density at radius 1 is 1.33 bits per heavy atom. The number of nitrogens with one attached hydrogen (secondary N) is 1. The number of nitrogens with zero attached hydrogens (tertiary/aromatic N) is 2.